The first-order valence-corrected chi connectivity index (χ1v) is 7.62. The average Bonchev–Trinajstić information content (AvgIpc) is 2.36. The predicted molar refractivity (Wildman–Crippen MR) is 77.2 cm³/mol. The smallest absolute Gasteiger partial charge is 0.251 e. The summed E-state index contributed by atoms with van der Waals surface area (Å²) in [6.07, 6.45) is 6.31. The van der Waals surface area contributed by atoms with Crippen LogP contribution in [0.2, 0.25) is 0 Å². The monoisotopic (exact) mass is 269 g/mol. The van der Waals surface area contributed by atoms with E-state index in [-0.39, 0.29) is 5.56 Å². The van der Waals surface area contributed by atoms with Crippen molar-refractivity contribution in [2.75, 3.05) is 12.3 Å². The van der Waals surface area contributed by atoms with E-state index >= 15 is 0 Å². The Labute approximate surface area is 113 Å². The van der Waals surface area contributed by atoms with Gasteiger partial charge in [0.05, 0.1) is 0 Å². The van der Waals surface area contributed by atoms with Crippen molar-refractivity contribution in [2.24, 2.45) is 0 Å². The fourth-order valence-corrected chi connectivity index (χ4v) is 2.49. The molecule has 102 valence electrons. The van der Waals surface area contributed by atoms with Crippen LogP contribution in [0.1, 0.15) is 39.5 Å². The van der Waals surface area contributed by atoms with Gasteiger partial charge in [-0.15, -0.1) is 0 Å². The van der Waals surface area contributed by atoms with E-state index in [9.17, 15) is 4.79 Å². The van der Waals surface area contributed by atoms with Crippen molar-refractivity contribution in [1.82, 2.24) is 15.3 Å². The molecule has 0 amide bonds. The van der Waals surface area contributed by atoms with Crippen LogP contribution in [0.25, 0.3) is 0 Å². The van der Waals surface area contributed by atoms with Crippen molar-refractivity contribution in [3.8, 4) is 0 Å². The van der Waals surface area contributed by atoms with E-state index < -0.39 is 0 Å². The number of hydrogen-bond acceptors (Lipinski definition) is 4. The van der Waals surface area contributed by atoms with Gasteiger partial charge in [0.1, 0.15) is 0 Å². The van der Waals surface area contributed by atoms with E-state index in [0.29, 0.717) is 6.04 Å². The molecule has 5 heteroatoms. The second kappa shape index (κ2) is 9.16. The molecule has 0 aliphatic carbocycles. The van der Waals surface area contributed by atoms with Gasteiger partial charge in [0.2, 0.25) is 0 Å². The first-order chi connectivity index (χ1) is 8.72. The minimum atomic E-state index is -0.0788. The van der Waals surface area contributed by atoms with Crippen molar-refractivity contribution >= 4 is 11.8 Å². The van der Waals surface area contributed by atoms with E-state index in [0.717, 1.165) is 23.9 Å². The molecule has 0 saturated carbocycles. The van der Waals surface area contributed by atoms with Gasteiger partial charge in [-0.3, -0.25) is 4.79 Å². The number of rotatable bonds is 9. The lowest BCUT2D eigenvalue weighted by Gasteiger charge is -2.12. The number of nitrogens with zero attached hydrogens (tertiary/aromatic N) is 1. The highest BCUT2D eigenvalue weighted by atomic mass is 32.2. The fraction of sp³-hybridized carbons (Fsp3) is 0.692. The summed E-state index contributed by atoms with van der Waals surface area (Å²) in [5.41, 5.74) is -0.0788. The second-order valence-electron chi connectivity index (χ2n) is 4.44. The molecule has 1 heterocycles. The molecule has 0 aliphatic heterocycles. The van der Waals surface area contributed by atoms with E-state index in [4.69, 9.17) is 0 Å². The summed E-state index contributed by atoms with van der Waals surface area (Å²) in [5, 5.41) is 4.20. The summed E-state index contributed by atoms with van der Waals surface area (Å²) < 4.78 is 0. The lowest BCUT2D eigenvalue weighted by Crippen LogP contribution is -2.26. The molecule has 4 nitrogen and oxygen atoms in total. The number of aromatic amines is 1. The summed E-state index contributed by atoms with van der Waals surface area (Å²) >= 11 is 1.62. The number of aromatic nitrogens is 2. The number of H-pyrrole nitrogens is 1. The van der Waals surface area contributed by atoms with Crippen LogP contribution in [0, 0.1) is 0 Å². The predicted octanol–water partition coefficient (Wildman–Crippen LogP) is 2.42. The lowest BCUT2D eigenvalue weighted by atomic mass is 10.1. The molecular formula is C13H23N3OS. The number of nitrogens with one attached hydrogen (secondary N) is 2. The van der Waals surface area contributed by atoms with Gasteiger partial charge in [0.25, 0.3) is 5.56 Å². The maximum atomic E-state index is 11.1. The van der Waals surface area contributed by atoms with Gasteiger partial charge in [-0.05, 0) is 32.7 Å². The van der Waals surface area contributed by atoms with Gasteiger partial charge in [0.15, 0.2) is 5.16 Å². The summed E-state index contributed by atoms with van der Waals surface area (Å²) in [4.78, 5) is 17.9. The summed E-state index contributed by atoms with van der Waals surface area (Å²) in [6.45, 7) is 5.52. The van der Waals surface area contributed by atoms with Crippen molar-refractivity contribution in [3.05, 3.63) is 22.6 Å². The van der Waals surface area contributed by atoms with Gasteiger partial charge >= 0.3 is 0 Å². The molecule has 0 aromatic carbocycles. The summed E-state index contributed by atoms with van der Waals surface area (Å²) in [6, 6.07) is 2.04. The Morgan fingerprint density at radius 3 is 3.06 bits per heavy atom. The third kappa shape index (κ3) is 6.81. The van der Waals surface area contributed by atoms with Crippen LogP contribution >= 0.6 is 11.8 Å². The van der Waals surface area contributed by atoms with Crippen LogP contribution in [0.3, 0.4) is 0 Å². The Morgan fingerprint density at radius 2 is 2.33 bits per heavy atom. The molecule has 1 aromatic rings. The largest absolute Gasteiger partial charge is 0.314 e. The molecule has 18 heavy (non-hydrogen) atoms. The zero-order chi connectivity index (χ0) is 13.2. The SMILES string of the molecule is CCCNC(C)CCCCSc1nccc(=O)[nH]1. The maximum Gasteiger partial charge on any atom is 0.251 e. The molecule has 0 aliphatic rings. The third-order valence-corrected chi connectivity index (χ3v) is 3.63. The molecule has 1 atom stereocenters. The fourth-order valence-electron chi connectivity index (χ4n) is 1.64. The Balaban J connectivity index is 2.07. The molecule has 0 saturated heterocycles. The van der Waals surface area contributed by atoms with Crippen LogP contribution in [-0.4, -0.2) is 28.3 Å². The molecule has 0 fully saturated rings. The first-order valence-electron chi connectivity index (χ1n) is 6.64. The Morgan fingerprint density at radius 1 is 1.50 bits per heavy atom. The van der Waals surface area contributed by atoms with Gasteiger partial charge < -0.3 is 10.3 Å². The molecular weight excluding hydrogens is 246 g/mol. The van der Waals surface area contributed by atoms with E-state index in [1.807, 2.05) is 0 Å². The first kappa shape index (κ1) is 15.2. The van der Waals surface area contributed by atoms with E-state index in [2.05, 4.69) is 29.1 Å². The normalized spacial score (nSPS) is 12.6. The Bertz CT molecular complexity index is 380. The highest BCUT2D eigenvalue weighted by molar-refractivity contribution is 7.99. The molecule has 0 bridgehead atoms. The maximum absolute atomic E-state index is 11.1. The van der Waals surface area contributed by atoms with Crippen LogP contribution in [0.15, 0.2) is 22.2 Å². The van der Waals surface area contributed by atoms with Crippen LogP contribution < -0.4 is 10.9 Å². The van der Waals surface area contributed by atoms with Gasteiger partial charge in [0, 0.05) is 24.1 Å². The van der Waals surface area contributed by atoms with Crippen molar-refractivity contribution in [1.29, 1.82) is 0 Å². The summed E-state index contributed by atoms with van der Waals surface area (Å²) in [7, 11) is 0. The Hall–Kier alpha value is -0.810. The minimum absolute atomic E-state index is 0.0788. The minimum Gasteiger partial charge on any atom is -0.314 e. The Kier molecular flexibility index (Phi) is 7.76. The third-order valence-electron chi connectivity index (χ3n) is 2.66. The van der Waals surface area contributed by atoms with Gasteiger partial charge in [-0.2, -0.15) is 0 Å². The van der Waals surface area contributed by atoms with Gasteiger partial charge in [-0.1, -0.05) is 25.1 Å². The topological polar surface area (TPSA) is 57.8 Å². The van der Waals surface area contributed by atoms with Gasteiger partial charge in [-0.25, -0.2) is 4.98 Å². The number of thioether (sulfide) groups is 1. The zero-order valence-corrected chi connectivity index (χ0v) is 12.1. The number of hydrogen-bond donors (Lipinski definition) is 2. The molecule has 0 radical (unpaired) electrons. The molecule has 0 spiro atoms. The lowest BCUT2D eigenvalue weighted by molar-refractivity contribution is 0.496. The van der Waals surface area contributed by atoms with Crippen LogP contribution in [0.5, 0.6) is 0 Å². The van der Waals surface area contributed by atoms with E-state index in [1.54, 1.807) is 18.0 Å². The van der Waals surface area contributed by atoms with Crippen molar-refractivity contribution < 1.29 is 0 Å². The zero-order valence-electron chi connectivity index (χ0n) is 11.2. The average molecular weight is 269 g/mol. The summed E-state index contributed by atoms with van der Waals surface area (Å²) in [5.74, 6) is 1.01. The quantitative estimate of drug-likeness (QED) is 0.411. The highest BCUT2D eigenvalue weighted by Gasteiger charge is 2.01. The standard InChI is InChI=1S/C13H23N3OS/c1-3-8-14-11(2)6-4-5-10-18-13-15-9-7-12(17)16-13/h7,9,11,14H,3-6,8,10H2,1-2H3,(H,15,16,17). The highest BCUT2D eigenvalue weighted by Crippen LogP contribution is 2.13. The van der Waals surface area contributed by atoms with E-state index in [1.165, 1.54) is 25.3 Å². The number of unbranched alkanes of at least 4 members (excludes halogenated alkanes) is 1. The molecule has 1 unspecified atom stereocenters. The molecule has 1 rings (SSSR count). The molecule has 2 N–H and O–H groups in total. The molecule has 1 aromatic heterocycles. The van der Waals surface area contributed by atoms with Crippen molar-refractivity contribution in [3.63, 3.8) is 0 Å². The van der Waals surface area contributed by atoms with Crippen molar-refractivity contribution in [2.45, 2.75) is 50.7 Å². The van der Waals surface area contributed by atoms with Crippen LogP contribution in [-0.2, 0) is 0 Å². The second-order valence-corrected chi connectivity index (χ2v) is 5.52. The van der Waals surface area contributed by atoms with Crippen LogP contribution in [0.4, 0.5) is 0 Å².